The average Bonchev–Trinajstić information content (AvgIpc) is 3.54. The van der Waals surface area contributed by atoms with E-state index in [-0.39, 0.29) is 5.97 Å². The van der Waals surface area contributed by atoms with Crippen LogP contribution in [-0.2, 0) is 11.2 Å². The second-order valence-corrected chi connectivity index (χ2v) is 7.35. The molecular weight excluding hydrogens is 342 g/mol. The number of rotatable bonds is 7. The van der Waals surface area contributed by atoms with Gasteiger partial charge in [-0.05, 0) is 67.2 Å². The molecule has 1 aliphatic heterocycles. The van der Waals surface area contributed by atoms with Crippen molar-refractivity contribution in [1.82, 2.24) is 4.98 Å². The van der Waals surface area contributed by atoms with Gasteiger partial charge in [0, 0.05) is 18.5 Å². The van der Waals surface area contributed by atoms with Gasteiger partial charge in [0.15, 0.2) is 0 Å². The third-order valence-corrected chi connectivity index (χ3v) is 5.40. The molecule has 5 heteroatoms. The molecule has 0 radical (unpaired) electrons. The lowest BCUT2D eigenvalue weighted by atomic mass is 9.87. The fourth-order valence-electron chi connectivity index (χ4n) is 3.60. The number of ether oxygens (including phenoxy) is 3. The lowest BCUT2D eigenvalue weighted by Gasteiger charge is -2.26. The van der Waals surface area contributed by atoms with Gasteiger partial charge in [0.2, 0.25) is 0 Å². The first-order chi connectivity index (χ1) is 13.2. The maximum atomic E-state index is 12.0. The van der Waals surface area contributed by atoms with Crippen molar-refractivity contribution in [3.8, 4) is 11.5 Å². The maximum absolute atomic E-state index is 12.0. The van der Waals surface area contributed by atoms with Gasteiger partial charge in [-0.1, -0.05) is 6.07 Å². The molecule has 27 heavy (non-hydrogen) atoms. The Morgan fingerprint density at radius 1 is 1.26 bits per heavy atom. The molecule has 0 saturated heterocycles. The van der Waals surface area contributed by atoms with Crippen molar-refractivity contribution in [2.24, 2.45) is 5.92 Å². The Morgan fingerprint density at radius 3 is 2.96 bits per heavy atom. The van der Waals surface area contributed by atoms with Crippen LogP contribution >= 0.6 is 0 Å². The minimum Gasteiger partial charge on any atom is -0.493 e. The zero-order chi connectivity index (χ0) is 18.6. The summed E-state index contributed by atoms with van der Waals surface area (Å²) in [6.45, 7) is 1.51. The molecule has 1 saturated carbocycles. The van der Waals surface area contributed by atoms with E-state index in [1.165, 1.54) is 25.5 Å². The summed E-state index contributed by atoms with van der Waals surface area (Å²) in [6, 6.07) is 7.93. The molecule has 0 N–H and O–H groups in total. The molecule has 142 valence electrons. The number of benzene rings is 1. The number of carbonyl (C=O) groups excluding carboxylic acids is 1. The lowest BCUT2D eigenvalue weighted by Crippen LogP contribution is -2.16. The minimum atomic E-state index is -0.308. The van der Waals surface area contributed by atoms with Crippen LogP contribution in [-0.4, -0.2) is 31.3 Å². The number of carbonyl (C=O) groups is 1. The normalized spacial score (nSPS) is 18.3. The Morgan fingerprint density at radius 2 is 2.15 bits per heavy atom. The van der Waals surface area contributed by atoms with Gasteiger partial charge < -0.3 is 14.2 Å². The Bertz CT molecular complexity index is 816. The van der Waals surface area contributed by atoms with E-state index in [0.29, 0.717) is 18.1 Å². The molecule has 2 aromatic rings. The molecule has 1 aliphatic carbocycles. The second-order valence-electron chi connectivity index (χ2n) is 7.35. The molecule has 1 aromatic carbocycles. The third-order valence-electron chi connectivity index (χ3n) is 5.40. The molecule has 1 unspecified atom stereocenters. The average molecular weight is 367 g/mol. The van der Waals surface area contributed by atoms with Crippen LogP contribution in [0.2, 0.25) is 0 Å². The van der Waals surface area contributed by atoms with E-state index in [2.05, 4.69) is 11.1 Å². The van der Waals surface area contributed by atoms with Gasteiger partial charge in [-0.15, -0.1) is 0 Å². The van der Waals surface area contributed by atoms with Crippen molar-refractivity contribution in [3.05, 3.63) is 53.3 Å². The largest absolute Gasteiger partial charge is 0.493 e. The number of hydrogen-bond donors (Lipinski definition) is 0. The number of nitrogens with zero attached hydrogens (tertiary/aromatic N) is 1. The van der Waals surface area contributed by atoms with Gasteiger partial charge in [0.05, 0.1) is 25.9 Å². The SMILES string of the molecule is COC(=O)c1ccncc1CCC1CCOc2cc(OCC3CC3)ccc21. The summed E-state index contributed by atoms with van der Waals surface area (Å²) in [5, 5.41) is 0. The molecule has 0 amide bonds. The highest BCUT2D eigenvalue weighted by Crippen LogP contribution is 2.39. The summed E-state index contributed by atoms with van der Waals surface area (Å²) in [7, 11) is 1.41. The van der Waals surface area contributed by atoms with Crippen LogP contribution in [0.3, 0.4) is 0 Å². The molecule has 2 heterocycles. The predicted molar refractivity (Wildman–Crippen MR) is 101 cm³/mol. The quantitative estimate of drug-likeness (QED) is 0.688. The van der Waals surface area contributed by atoms with Crippen molar-refractivity contribution < 1.29 is 19.0 Å². The Balaban J connectivity index is 1.44. The molecule has 5 nitrogen and oxygen atoms in total. The molecule has 1 aromatic heterocycles. The monoisotopic (exact) mass is 367 g/mol. The number of aryl methyl sites for hydroxylation is 1. The fraction of sp³-hybridized carbons (Fsp3) is 0.455. The summed E-state index contributed by atoms with van der Waals surface area (Å²) >= 11 is 0. The Kier molecular flexibility index (Phi) is 5.28. The van der Waals surface area contributed by atoms with Crippen molar-refractivity contribution in [2.75, 3.05) is 20.3 Å². The van der Waals surface area contributed by atoms with E-state index in [9.17, 15) is 4.79 Å². The van der Waals surface area contributed by atoms with Crippen LogP contribution in [0.1, 0.15) is 53.1 Å². The van der Waals surface area contributed by atoms with Crippen LogP contribution in [0.5, 0.6) is 11.5 Å². The highest BCUT2D eigenvalue weighted by Gasteiger charge is 2.24. The van der Waals surface area contributed by atoms with Gasteiger partial charge in [-0.25, -0.2) is 4.79 Å². The first kappa shape index (κ1) is 17.8. The van der Waals surface area contributed by atoms with E-state index in [4.69, 9.17) is 14.2 Å². The van der Waals surface area contributed by atoms with Crippen molar-refractivity contribution in [1.29, 1.82) is 0 Å². The van der Waals surface area contributed by atoms with Gasteiger partial charge in [-0.2, -0.15) is 0 Å². The fourth-order valence-corrected chi connectivity index (χ4v) is 3.60. The third kappa shape index (κ3) is 4.24. The molecule has 0 spiro atoms. The van der Waals surface area contributed by atoms with Crippen LogP contribution in [0.25, 0.3) is 0 Å². The summed E-state index contributed by atoms with van der Waals surface area (Å²) in [4.78, 5) is 16.1. The number of pyridine rings is 1. The van der Waals surface area contributed by atoms with Gasteiger partial charge in [0.1, 0.15) is 11.5 Å². The topological polar surface area (TPSA) is 57.7 Å². The standard InChI is InChI=1S/C22H25NO4/c1-25-22(24)20-8-10-23-13-17(20)5-4-16-9-11-26-21-12-18(6-7-19(16)21)27-14-15-2-3-15/h6-8,10,12-13,15-16H,2-5,9,11,14H2,1H3. The molecule has 1 atom stereocenters. The zero-order valence-corrected chi connectivity index (χ0v) is 15.6. The van der Waals surface area contributed by atoms with E-state index < -0.39 is 0 Å². The van der Waals surface area contributed by atoms with E-state index in [1.54, 1.807) is 18.5 Å². The summed E-state index contributed by atoms with van der Waals surface area (Å²) in [5.74, 6) is 2.65. The first-order valence-electron chi connectivity index (χ1n) is 9.65. The molecule has 2 aliphatic rings. The van der Waals surface area contributed by atoms with Crippen LogP contribution in [0, 0.1) is 5.92 Å². The van der Waals surface area contributed by atoms with Gasteiger partial charge in [-0.3, -0.25) is 4.98 Å². The minimum absolute atomic E-state index is 0.308. The summed E-state index contributed by atoms with van der Waals surface area (Å²) < 4.78 is 16.6. The van der Waals surface area contributed by atoms with Crippen LogP contribution in [0.4, 0.5) is 0 Å². The van der Waals surface area contributed by atoms with Crippen LogP contribution in [0.15, 0.2) is 36.7 Å². The number of esters is 1. The summed E-state index contributed by atoms with van der Waals surface area (Å²) in [5.41, 5.74) is 2.76. The van der Waals surface area contributed by atoms with E-state index >= 15 is 0 Å². The first-order valence-corrected chi connectivity index (χ1v) is 9.65. The highest BCUT2D eigenvalue weighted by atomic mass is 16.5. The van der Waals surface area contributed by atoms with Crippen LogP contribution < -0.4 is 9.47 Å². The number of fused-ring (bicyclic) bond motifs is 1. The van der Waals surface area contributed by atoms with Gasteiger partial charge >= 0.3 is 5.97 Å². The predicted octanol–water partition coefficient (Wildman–Crippen LogP) is 4.16. The molecule has 4 rings (SSSR count). The van der Waals surface area contributed by atoms with Crippen molar-refractivity contribution in [3.63, 3.8) is 0 Å². The summed E-state index contributed by atoms with van der Waals surface area (Å²) in [6.07, 6.45) is 8.65. The lowest BCUT2D eigenvalue weighted by molar-refractivity contribution is 0.0599. The second kappa shape index (κ2) is 7.99. The Labute approximate surface area is 159 Å². The zero-order valence-electron chi connectivity index (χ0n) is 15.6. The molecule has 1 fully saturated rings. The number of hydrogen-bond acceptors (Lipinski definition) is 5. The van der Waals surface area contributed by atoms with E-state index in [0.717, 1.165) is 48.8 Å². The maximum Gasteiger partial charge on any atom is 0.338 e. The molecular formula is C22H25NO4. The Hall–Kier alpha value is -2.56. The van der Waals surface area contributed by atoms with E-state index in [1.807, 2.05) is 12.1 Å². The number of methoxy groups -OCH3 is 1. The van der Waals surface area contributed by atoms with Crippen molar-refractivity contribution >= 4 is 5.97 Å². The van der Waals surface area contributed by atoms with Crippen molar-refractivity contribution in [2.45, 2.75) is 38.0 Å². The smallest absolute Gasteiger partial charge is 0.338 e. The highest BCUT2D eigenvalue weighted by molar-refractivity contribution is 5.90. The molecule has 0 bridgehead atoms. The van der Waals surface area contributed by atoms with Gasteiger partial charge in [0.25, 0.3) is 0 Å². The number of aromatic nitrogens is 1.